The molecule has 0 aliphatic heterocycles. The second-order valence-corrected chi connectivity index (χ2v) is 20.5. The molecule has 0 saturated heterocycles. The lowest BCUT2D eigenvalue weighted by atomic mass is 9.69. The number of benzene rings is 3. The summed E-state index contributed by atoms with van der Waals surface area (Å²) in [5.74, 6) is -0.658. The molecule has 2 atom stereocenters. The molecule has 4 nitrogen and oxygen atoms in total. The van der Waals surface area contributed by atoms with Crippen LogP contribution in [0.25, 0.3) is 11.1 Å². The third kappa shape index (κ3) is 8.21. The average Bonchev–Trinajstić information content (AvgIpc) is 2.99. The molecule has 0 radical (unpaired) electrons. The van der Waals surface area contributed by atoms with Crippen LogP contribution in [0.1, 0.15) is 114 Å². The highest BCUT2D eigenvalue weighted by Crippen LogP contribution is 2.43. The number of hydrogen-bond acceptors (Lipinski definition) is 4. The summed E-state index contributed by atoms with van der Waals surface area (Å²) in [6.07, 6.45) is 2.92. The van der Waals surface area contributed by atoms with Gasteiger partial charge in [0.05, 0.1) is 13.2 Å². The van der Waals surface area contributed by atoms with Gasteiger partial charge in [-0.15, -0.1) is 0 Å². The first-order valence-electron chi connectivity index (χ1n) is 17.1. The molecule has 0 aromatic heterocycles. The fourth-order valence-electron chi connectivity index (χ4n) is 6.40. The number of aliphatic hydroxyl groups is 1. The molecule has 0 aliphatic rings. The predicted molar refractivity (Wildman–Crippen MR) is 196 cm³/mol. The minimum atomic E-state index is -1.89. The van der Waals surface area contributed by atoms with Crippen LogP contribution >= 0.6 is 0 Å². The smallest absolute Gasteiger partial charge is 0.339 e. The molecule has 0 amide bonds. The maximum absolute atomic E-state index is 11.9. The Labute approximate surface area is 281 Å². The molecule has 3 aromatic carbocycles. The van der Waals surface area contributed by atoms with Crippen molar-refractivity contribution in [1.29, 1.82) is 0 Å². The Morgan fingerprint density at radius 2 is 1.43 bits per heavy atom. The van der Waals surface area contributed by atoms with Gasteiger partial charge in [0.1, 0.15) is 0 Å². The van der Waals surface area contributed by atoms with E-state index in [1.165, 1.54) is 29.4 Å². The minimum Gasteiger partial charge on any atom is -0.467 e. The summed E-state index contributed by atoms with van der Waals surface area (Å²) in [5.41, 5.74) is 9.14. The van der Waals surface area contributed by atoms with Crippen molar-refractivity contribution in [3.05, 3.63) is 94.0 Å². The van der Waals surface area contributed by atoms with Crippen molar-refractivity contribution in [2.24, 2.45) is 5.41 Å². The average molecular weight is 645 g/mol. The highest BCUT2D eigenvalue weighted by molar-refractivity contribution is 6.74. The van der Waals surface area contributed by atoms with E-state index in [9.17, 15) is 9.90 Å². The van der Waals surface area contributed by atoms with E-state index in [1.54, 1.807) is 6.07 Å². The van der Waals surface area contributed by atoms with Crippen molar-refractivity contribution in [3.8, 4) is 11.1 Å². The number of esters is 1. The van der Waals surface area contributed by atoms with Crippen LogP contribution in [0.4, 0.5) is 0 Å². The molecule has 3 aromatic rings. The van der Waals surface area contributed by atoms with Gasteiger partial charge in [0.15, 0.2) is 14.4 Å². The van der Waals surface area contributed by atoms with Crippen molar-refractivity contribution < 1.29 is 19.1 Å². The van der Waals surface area contributed by atoms with Gasteiger partial charge in [-0.2, -0.15) is 0 Å². The van der Waals surface area contributed by atoms with Crippen molar-refractivity contribution >= 4 is 14.3 Å². The van der Waals surface area contributed by atoms with Gasteiger partial charge in [0, 0.05) is 5.41 Å². The zero-order valence-electron chi connectivity index (χ0n) is 30.9. The first kappa shape index (κ1) is 37.7. The monoisotopic (exact) mass is 644 g/mol. The van der Waals surface area contributed by atoms with Gasteiger partial charge in [0.25, 0.3) is 0 Å². The fourth-order valence-corrected chi connectivity index (χ4v) is 7.94. The maximum atomic E-state index is 11.9. The Hall–Kier alpha value is -2.73. The predicted octanol–water partition coefficient (Wildman–Crippen LogP) is 10.7. The van der Waals surface area contributed by atoms with Crippen LogP contribution in [0.5, 0.6) is 0 Å². The number of aliphatic hydroxyl groups excluding tert-OH is 1. The Morgan fingerprint density at radius 1 is 0.848 bits per heavy atom. The highest BCUT2D eigenvalue weighted by Gasteiger charge is 2.41. The lowest BCUT2D eigenvalue weighted by Gasteiger charge is -2.43. The van der Waals surface area contributed by atoms with Gasteiger partial charge in [-0.05, 0) is 114 Å². The molecule has 0 fully saturated rings. The van der Waals surface area contributed by atoms with E-state index in [0.29, 0.717) is 5.56 Å². The van der Waals surface area contributed by atoms with E-state index in [4.69, 9.17) is 9.16 Å². The number of ether oxygens (including phenoxy) is 1. The summed E-state index contributed by atoms with van der Waals surface area (Å²) >= 11 is 0. The van der Waals surface area contributed by atoms with Gasteiger partial charge < -0.3 is 14.3 Å². The number of aryl methyl sites for hydroxylation is 3. The lowest BCUT2D eigenvalue weighted by Crippen LogP contribution is -2.47. The number of carbonyl (C=O) groups is 1. The van der Waals surface area contributed by atoms with Gasteiger partial charge in [-0.25, -0.2) is 4.79 Å². The quantitative estimate of drug-likeness (QED) is 0.157. The summed E-state index contributed by atoms with van der Waals surface area (Å²) in [7, 11) is -0.598. The van der Waals surface area contributed by atoms with E-state index < -0.39 is 20.4 Å². The molecule has 0 heterocycles. The van der Waals surface area contributed by atoms with Crippen LogP contribution in [0, 0.1) is 19.3 Å². The molecule has 0 aliphatic carbocycles. The second-order valence-electron chi connectivity index (χ2n) is 15.8. The van der Waals surface area contributed by atoms with E-state index in [1.807, 2.05) is 18.2 Å². The molecule has 3 rings (SSSR count). The Morgan fingerprint density at radius 3 is 1.93 bits per heavy atom. The van der Waals surface area contributed by atoms with Gasteiger partial charge in [-0.3, -0.25) is 0 Å². The van der Waals surface area contributed by atoms with Gasteiger partial charge in [0.2, 0.25) is 0 Å². The molecule has 1 N–H and O–H groups in total. The number of rotatable bonds is 12. The van der Waals surface area contributed by atoms with Crippen molar-refractivity contribution in [2.45, 2.75) is 131 Å². The lowest BCUT2D eigenvalue weighted by molar-refractivity contribution is -0.150. The van der Waals surface area contributed by atoms with Crippen molar-refractivity contribution in [3.63, 3.8) is 0 Å². The van der Waals surface area contributed by atoms with Crippen LogP contribution in [0.2, 0.25) is 18.1 Å². The normalized spacial score (nSPS) is 14.2. The molecule has 1 unspecified atom stereocenters. The van der Waals surface area contributed by atoms with Crippen molar-refractivity contribution in [1.82, 2.24) is 0 Å². The molecule has 0 spiro atoms. The molecule has 0 saturated carbocycles. The minimum absolute atomic E-state index is 0.0788. The first-order chi connectivity index (χ1) is 21.3. The van der Waals surface area contributed by atoms with E-state index >= 15 is 0 Å². The molecule has 46 heavy (non-hydrogen) atoms. The summed E-state index contributed by atoms with van der Waals surface area (Å²) < 4.78 is 11.7. The van der Waals surface area contributed by atoms with Crippen LogP contribution in [-0.2, 0) is 25.8 Å². The molecular formula is C41H60O4Si. The SMILES string of the molecule is CCC(CC)(c1ccc(CC[C@@H](O[Si](C)(C)C(C)(C)C)C(C)(C)C)c(C)c1)c1ccc(-c2cccc(C(O)C(=O)OC)c2)c(C)c1. The van der Waals surface area contributed by atoms with Gasteiger partial charge in [-0.1, -0.05) is 110 Å². The maximum Gasteiger partial charge on any atom is 0.339 e. The van der Waals surface area contributed by atoms with Crippen LogP contribution in [0.15, 0.2) is 60.7 Å². The molecule has 5 heteroatoms. The largest absolute Gasteiger partial charge is 0.467 e. The topological polar surface area (TPSA) is 55.8 Å². The summed E-state index contributed by atoms with van der Waals surface area (Å²) in [6.45, 7) is 27.6. The third-order valence-corrected chi connectivity index (χ3v) is 15.2. The number of hydrogen-bond donors (Lipinski definition) is 1. The standard InChI is InChI=1S/C41H60O4Si/c1-14-41(15-2,34-22-23-35(29(4)26-34)31-17-16-18-32(27-31)37(42)38(43)44-11)33-21-19-30(28(3)25-33)20-24-36(39(5,6)7)45-46(12,13)40(8,9)10/h16-19,21-23,25-27,36-37,42H,14-15,20,24H2,1-13H3/t36-,37?/m1/s1. The van der Waals surface area contributed by atoms with Crippen LogP contribution in [0.3, 0.4) is 0 Å². The molecular weight excluding hydrogens is 585 g/mol. The van der Waals surface area contributed by atoms with Crippen molar-refractivity contribution in [2.75, 3.05) is 7.11 Å². The third-order valence-electron chi connectivity index (χ3n) is 10.7. The Bertz CT molecular complexity index is 1490. The van der Waals surface area contributed by atoms with Crippen LogP contribution < -0.4 is 0 Å². The number of carbonyl (C=O) groups excluding carboxylic acids is 1. The van der Waals surface area contributed by atoms with E-state index in [2.05, 4.69) is 119 Å². The first-order valence-corrected chi connectivity index (χ1v) is 20.0. The van der Waals surface area contributed by atoms with E-state index in [-0.39, 0.29) is 22.0 Å². The number of methoxy groups -OCH3 is 1. The summed E-state index contributed by atoms with van der Waals surface area (Å²) in [6, 6.07) is 21.4. The molecule has 0 bridgehead atoms. The summed E-state index contributed by atoms with van der Waals surface area (Å²) in [5, 5.41) is 10.6. The zero-order valence-corrected chi connectivity index (χ0v) is 31.9. The Kier molecular flexibility index (Phi) is 12.0. The molecule has 252 valence electrons. The zero-order chi connectivity index (χ0) is 34.7. The fraction of sp³-hybridized carbons (Fsp3) is 0.537. The van der Waals surface area contributed by atoms with Gasteiger partial charge >= 0.3 is 5.97 Å². The second kappa shape index (κ2) is 14.6. The highest BCUT2D eigenvalue weighted by atomic mass is 28.4. The summed E-state index contributed by atoms with van der Waals surface area (Å²) in [4.78, 5) is 11.9. The van der Waals surface area contributed by atoms with E-state index in [0.717, 1.165) is 42.4 Å². The van der Waals surface area contributed by atoms with Crippen LogP contribution in [-0.4, -0.2) is 32.6 Å². The Balaban J connectivity index is 1.91.